The van der Waals surface area contributed by atoms with Gasteiger partial charge in [-0.25, -0.2) is 14.6 Å². The van der Waals surface area contributed by atoms with Crippen LogP contribution >= 0.6 is 11.3 Å². The molecule has 13 heteroatoms. The van der Waals surface area contributed by atoms with Crippen molar-refractivity contribution in [2.75, 3.05) is 13.7 Å². The molecular weight excluding hydrogens is 562 g/mol. The molecule has 0 saturated heterocycles. The molecular formula is C29H37N5O7S. The summed E-state index contributed by atoms with van der Waals surface area (Å²) < 4.78 is 9.62. The monoisotopic (exact) mass is 599 g/mol. The molecule has 0 radical (unpaired) electrons. The molecule has 0 spiro atoms. The Bertz CT molecular complexity index is 1310. The highest BCUT2D eigenvalue weighted by atomic mass is 32.1. The largest absolute Gasteiger partial charge is 0.464 e. The van der Waals surface area contributed by atoms with Gasteiger partial charge in [0.05, 0.1) is 12.8 Å². The van der Waals surface area contributed by atoms with Crippen molar-refractivity contribution in [2.24, 2.45) is 0 Å². The van der Waals surface area contributed by atoms with E-state index >= 15 is 0 Å². The molecule has 4 N–H and O–H groups in total. The number of aromatic nitrogens is 1. The Morgan fingerprint density at radius 2 is 1.62 bits per heavy atom. The van der Waals surface area contributed by atoms with Gasteiger partial charge in [-0.05, 0) is 39.2 Å². The molecule has 12 nitrogen and oxygen atoms in total. The second-order valence-corrected chi connectivity index (χ2v) is 11.0. The van der Waals surface area contributed by atoms with Gasteiger partial charge in [0, 0.05) is 30.5 Å². The normalized spacial score (nSPS) is 10.7. The van der Waals surface area contributed by atoms with Crippen molar-refractivity contribution in [2.45, 2.75) is 58.6 Å². The standard InChI is InChI=1S/C29H37N5O7S/c1-18(24(36)33-19(2)27(38)40-6)32-25(37)22-17-42-26(34-22)21-13-11-20(12-14-21)16-31-23(35)10-8-7-9-15-30-28(39)41-29(3,4)5/h11-14,17H,1-2,7-10,15-16H2,3-6H3,(H,30,39)(H,31,35)(H,32,37)(H,33,36). The SMILES string of the molecule is C=C(NC(=O)c1csc(-c2ccc(CNC(=O)CCCCCNC(=O)OC(C)(C)C)cc2)n1)C(=O)NC(=C)C(=O)OC. The zero-order valence-corrected chi connectivity index (χ0v) is 25.1. The molecule has 0 unspecified atom stereocenters. The fourth-order valence-electron chi connectivity index (χ4n) is 3.30. The molecule has 2 aromatic rings. The number of thiazole rings is 1. The predicted molar refractivity (Wildman–Crippen MR) is 158 cm³/mol. The highest BCUT2D eigenvalue weighted by Gasteiger charge is 2.18. The molecule has 1 aromatic heterocycles. The number of carbonyl (C=O) groups excluding carboxylic acids is 5. The van der Waals surface area contributed by atoms with E-state index in [2.05, 4.69) is 44.1 Å². The first-order chi connectivity index (χ1) is 19.8. The second kappa shape index (κ2) is 16.1. The Balaban J connectivity index is 1.73. The minimum atomic E-state index is -0.821. The zero-order chi connectivity index (χ0) is 31.3. The number of hydrogen-bond acceptors (Lipinski definition) is 9. The predicted octanol–water partition coefficient (Wildman–Crippen LogP) is 3.56. The van der Waals surface area contributed by atoms with Crippen molar-refractivity contribution in [3.63, 3.8) is 0 Å². The van der Waals surface area contributed by atoms with Crippen LogP contribution in [0.15, 0.2) is 54.2 Å². The number of alkyl carbamates (subject to hydrolysis) is 1. The first kappa shape index (κ1) is 33.7. The lowest BCUT2D eigenvalue weighted by Crippen LogP contribution is -2.35. The van der Waals surface area contributed by atoms with Gasteiger partial charge in [-0.15, -0.1) is 11.3 Å². The summed E-state index contributed by atoms with van der Waals surface area (Å²) in [6.07, 6.45) is 2.22. The molecule has 226 valence electrons. The number of hydrogen-bond donors (Lipinski definition) is 4. The van der Waals surface area contributed by atoms with Gasteiger partial charge in [0.25, 0.3) is 11.8 Å². The van der Waals surface area contributed by atoms with Crippen LogP contribution < -0.4 is 21.3 Å². The van der Waals surface area contributed by atoms with Crippen LogP contribution in [0.2, 0.25) is 0 Å². The number of esters is 1. The maximum atomic E-state index is 12.5. The topological polar surface area (TPSA) is 165 Å². The molecule has 0 atom stereocenters. The number of unbranched alkanes of at least 4 members (excludes halogenated alkanes) is 2. The van der Waals surface area contributed by atoms with Crippen LogP contribution in [-0.4, -0.2) is 54.0 Å². The van der Waals surface area contributed by atoms with Crippen molar-refractivity contribution >= 4 is 41.1 Å². The van der Waals surface area contributed by atoms with Crippen LogP contribution in [0.3, 0.4) is 0 Å². The van der Waals surface area contributed by atoms with Crippen molar-refractivity contribution < 1.29 is 33.4 Å². The molecule has 0 fully saturated rings. The van der Waals surface area contributed by atoms with Crippen molar-refractivity contribution in [1.29, 1.82) is 0 Å². The molecule has 2 rings (SSSR count). The molecule has 0 aliphatic carbocycles. The van der Waals surface area contributed by atoms with Crippen LogP contribution in [0.5, 0.6) is 0 Å². The van der Waals surface area contributed by atoms with Crippen LogP contribution in [0, 0.1) is 0 Å². The van der Waals surface area contributed by atoms with Gasteiger partial charge in [0.1, 0.15) is 22.0 Å². The molecule has 0 aliphatic rings. The summed E-state index contributed by atoms with van der Waals surface area (Å²) in [5.41, 5.74) is 0.655. The van der Waals surface area contributed by atoms with Crippen LogP contribution in [0.1, 0.15) is 62.5 Å². The Labute approximate surface area is 249 Å². The van der Waals surface area contributed by atoms with Crippen molar-refractivity contribution in [3.8, 4) is 10.6 Å². The number of ether oxygens (including phenoxy) is 2. The lowest BCUT2D eigenvalue weighted by Gasteiger charge is -2.19. The number of methoxy groups -OCH3 is 1. The lowest BCUT2D eigenvalue weighted by atomic mass is 10.1. The average Bonchev–Trinajstić information content (AvgIpc) is 3.43. The first-order valence-corrected chi connectivity index (χ1v) is 14.0. The number of amides is 4. The Morgan fingerprint density at radius 1 is 0.929 bits per heavy atom. The van der Waals surface area contributed by atoms with Gasteiger partial charge in [-0.1, -0.05) is 43.8 Å². The molecule has 1 aromatic carbocycles. The van der Waals surface area contributed by atoms with E-state index in [9.17, 15) is 24.0 Å². The van der Waals surface area contributed by atoms with Crippen molar-refractivity contribution in [3.05, 3.63) is 65.5 Å². The highest BCUT2D eigenvalue weighted by Crippen LogP contribution is 2.24. The van der Waals surface area contributed by atoms with Gasteiger partial charge < -0.3 is 30.7 Å². The summed E-state index contributed by atoms with van der Waals surface area (Å²) in [6.45, 7) is 13.2. The summed E-state index contributed by atoms with van der Waals surface area (Å²) >= 11 is 1.25. The third-order valence-electron chi connectivity index (χ3n) is 5.41. The van der Waals surface area contributed by atoms with E-state index in [4.69, 9.17) is 4.74 Å². The van der Waals surface area contributed by atoms with Gasteiger partial charge in [0.15, 0.2) is 0 Å². The number of benzene rings is 1. The first-order valence-electron chi connectivity index (χ1n) is 13.2. The number of carbonyl (C=O) groups is 5. The molecule has 0 aliphatic heterocycles. The molecule has 1 heterocycles. The van der Waals surface area contributed by atoms with Gasteiger partial charge >= 0.3 is 12.1 Å². The van der Waals surface area contributed by atoms with Gasteiger partial charge in [0.2, 0.25) is 5.91 Å². The Morgan fingerprint density at radius 3 is 2.26 bits per heavy atom. The fraction of sp³-hybridized carbons (Fsp3) is 0.379. The number of rotatable bonds is 14. The lowest BCUT2D eigenvalue weighted by molar-refractivity contribution is -0.137. The third-order valence-corrected chi connectivity index (χ3v) is 6.30. The third kappa shape index (κ3) is 11.9. The molecule has 0 saturated carbocycles. The maximum Gasteiger partial charge on any atom is 0.407 e. The Hall–Kier alpha value is -4.52. The maximum absolute atomic E-state index is 12.5. The van der Waals surface area contributed by atoms with E-state index in [0.29, 0.717) is 30.9 Å². The fourth-order valence-corrected chi connectivity index (χ4v) is 4.11. The van der Waals surface area contributed by atoms with E-state index in [1.54, 1.807) is 26.2 Å². The van der Waals surface area contributed by atoms with E-state index in [-0.39, 0.29) is 23.0 Å². The summed E-state index contributed by atoms with van der Waals surface area (Å²) in [5.74, 6) is -2.33. The summed E-state index contributed by atoms with van der Waals surface area (Å²) in [5, 5.41) is 12.3. The highest BCUT2D eigenvalue weighted by molar-refractivity contribution is 7.13. The summed E-state index contributed by atoms with van der Waals surface area (Å²) in [6, 6.07) is 7.40. The zero-order valence-electron chi connectivity index (χ0n) is 24.3. The minimum absolute atomic E-state index is 0.0559. The average molecular weight is 600 g/mol. The summed E-state index contributed by atoms with van der Waals surface area (Å²) in [4.78, 5) is 64.1. The quantitative estimate of drug-likeness (QED) is 0.145. The minimum Gasteiger partial charge on any atom is -0.464 e. The smallest absolute Gasteiger partial charge is 0.407 e. The van der Waals surface area contributed by atoms with E-state index in [1.807, 2.05) is 24.3 Å². The van der Waals surface area contributed by atoms with E-state index in [0.717, 1.165) is 31.1 Å². The van der Waals surface area contributed by atoms with Crippen LogP contribution in [-0.2, 0) is 30.4 Å². The number of nitrogens with one attached hydrogen (secondary N) is 4. The van der Waals surface area contributed by atoms with Crippen molar-refractivity contribution in [1.82, 2.24) is 26.3 Å². The van der Waals surface area contributed by atoms with Gasteiger partial charge in [-0.2, -0.15) is 0 Å². The molecule has 4 amide bonds. The molecule has 0 bridgehead atoms. The Kier molecular flexibility index (Phi) is 12.9. The second-order valence-electron chi connectivity index (χ2n) is 10.1. The molecule has 42 heavy (non-hydrogen) atoms. The number of nitrogens with zero attached hydrogens (tertiary/aromatic N) is 1. The van der Waals surface area contributed by atoms with Crippen LogP contribution in [0.4, 0.5) is 4.79 Å². The van der Waals surface area contributed by atoms with Gasteiger partial charge in [-0.3, -0.25) is 14.4 Å². The summed E-state index contributed by atoms with van der Waals surface area (Å²) in [7, 11) is 1.14. The van der Waals surface area contributed by atoms with E-state index in [1.165, 1.54) is 11.3 Å². The van der Waals surface area contributed by atoms with E-state index < -0.39 is 29.5 Å². The van der Waals surface area contributed by atoms with Crippen LogP contribution in [0.25, 0.3) is 10.6 Å².